The van der Waals surface area contributed by atoms with Crippen molar-refractivity contribution in [3.63, 3.8) is 0 Å². The highest BCUT2D eigenvalue weighted by Crippen LogP contribution is 2.56. The molecule has 5 heteroatoms. The second-order valence-corrected chi connectivity index (χ2v) is 6.12. The second-order valence-electron chi connectivity index (χ2n) is 6.12. The van der Waals surface area contributed by atoms with Crippen molar-refractivity contribution in [2.24, 2.45) is 16.3 Å². The third-order valence-electron chi connectivity index (χ3n) is 4.72. The van der Waals surface area contributed by atoms with Gasteiger partial charge in [0, 0.05) is 13.1 Å². The summed E-state index contributed by atoms with van der Waals surface area (Å²) in [5.41, 5.74) is 0.570. The van der Waals surface area contributed by atoms with E-state index in [2.05, 4.69) is 22.5 Å². The molecule has 1 aromatic rings. The van der Waals surface area contributed by atoms with Crippen LogP contribution in [-0.2, 0) is 6.54 Å². The Labute approximate surface area is 144 Å². The number of halogens is 1. The van der Waals surface area contributed by atoms with Crippen molar-refractivity contribution in [1.82, 2.24) is 10.6 Å². The predicted molar refractivity (Wildman–Crippen MR) is 95.9 cm³/mol. The molecule has 0 unspecified atom stereocenters. The van der Waals surface area contributed by atoms with Gasteiger partial charge < -0.3 is 15.1 Å². The fourth-order valence-electron chi connectivity index (χ4n) is 3.22. The Morgan fingerprint density at radius 3 is 2.71 bits per heavy atom. The fraction of sp³-hybridized carbons (Fsp3) is 0.688. The topological polar surface area (TPSA) is 49.6 Å². The molecule has 2 aliphatic rings. The number of aliphatic imine (C=N–C) groups is 1. The minimum Gasteiger partial charge on any atom is -0.467 e. The average molecular weight is 403 g/mol. The van der Waals surface area contributed by atoms with Crippen molar-refractivity contribution in [1.29, 1.82) is 0 Å². The third kappa shape index (κ3) is 4.14. The van der Waals surface area contributed by atoms with E-state index in [0.717, 1.165) is 30.7 Å². The van der Waals surface area contributed by atoms with Crippen LogP contribution in [0.25, 0.3) is 0 Å². The van der Waals surface area contributed by atoms with E-state index in [-0.39, 0.29) is 24.0 Å². The van der Waals surface area contributed by atoms with Crippen LogP contribution < -0.4 is 10.6 Å². The molecular weight excluding hydrogens is 377 g/mol. The second kappa shape index (κ2) is 7.51. The van der Waals surface area contributed by atoms with Crippen LogP contribution in [0.5, 0.6) is 0 Å². The summed E-state index contributed by atoms with van der Waals surface area (Å²) in [7, 11) is 0. The van der Waals surface area contributed by atoms with E-state index in [0.29, 0.717) is 12.0 Å². The van der Waals surface area contributed by atoms with Crippen LogP contribution in [0.15, 0.2) is 27.8 Å². The van der Waals surface area contributed by atoms with E-state index in [1.807, 2.05) is 12.1 Å². The molecule has 3 rings (SSSR count). The molecule has 2 aliphatic carbocycles. The monoisotopic (exact) mass is 403 g/mol. The van der Waals surface area contributed by atoms with Crippen LogP contribution in [-0.4, -0.2) is 19.0 Å². The van der Waals surface area contributed by atoms with Gasteiger partial charge in [0.25, 0.3) is 0 Å². The van der Waals surface area contributed by atoms with Gasteiger partial charge in [-0.3, -0.25) is 0 Å². The molecule has 2 saturated carbocycles. The van der Waals surface area contributed by atoms with E-state index in [1.165, 1.54) is 32.1 Å². The molecule has 0 saturated heterocycles. The smallest absolute Gasteiger partial charge is 0.191 e. The zero-order valence-electron chi connectivity index (χ0n) is 12.7. The molecule has 0 bridgehead atoms. The lowest BCUT2D eigenvalue weighted by Crippen LogP contribution is -2.47. The Hall–Kier alpha value is -0.720. The Morgan fingerprint density at radius 2 is 2.19 bits per heavy atom. The van der Waals surface area contributed by atoms with Crippen molar-refractivity contribution in [2.75, 3.05) is 13.1 Å². The normalized spacial score (nSPS) is 20.3. The van der Waals surface area contributed by atoms with Gasteiger partial charge in [0.1, 0.15) is 12.3 Å². The quantitative estimate of drug-likeness (QED) is 0.434. The number of rotatable bonds is 6. The summed E-state index contributed by atoms with van der Waals surface area (Å²) in [4.78, 5) is 4.60. The zero-order chi connectivity index (χ0) is 13.8. The molecule has 1 heterocycles. The third-order valence-corrected chi connectivity index (χ3v) is 4.72. The first kappa shape index (κ1) is 16.6. The molecule has 118 valence electrons. The number of nitrogens with one attached hydrogen (secondary N) is 2. The minimum atomic E-state index is 0. The van der Waals surface area contributed by atoms with Crippen molar-refractivity contribution in [3.8, 4) is 0 Å². The Kier molecular flexibility index (Phi) is 5.96. The lowest BCUT2D eigenvalue weighted by Gasteiger charge is -2.43. The van der Waals surface area contributed by atoms with Gasteiger partial charge in [-0.2, -0.15) is 0 Å². The van der Waals surface area contributed by atoms with Gasteiger partial charge >= 0.3 is 0 Å². The first-order valence-electron chi connectivity index (χ1n) is 7.87. The van der Waals surface area contributed by atoms with Gasteiger partial charge in [0.2, 0.25) is 0 Å². The number of furan rings is 1. The Morgan fingerprint density at radius 1 is 1.38 bits per heavy atom. The maximum absolute atomic E-state index is 5.33. The van der Waals surface area contributed by atoms with E-state index >= 15 is 0 Å². The van der Waals surface area contributed by atoms with Gasteiger partial charge in [-0.25, -0.2) is 4.99 Å². The summed E-state index contributed by atoms with van der Waals surface area (Å²) < 4.78 is 5.33. The van der Waals surface area contributed by atoms with Gasteiger partial charge in [0.05, 0.1) is 6.26 Å². The van der Waals surface area contributed by atoms with Crippen molar-refractivity contribution >= 4 is 29.9 Å². The van der Waals surface area contributed by atoms with Crippen molar-refractivity contribution in [3.05, 3.63) is 24.2 Å². The van der Waals surface area contributed by atoms with Gasteiger partial charge in [-0.15, -0.1) is 24.0 Å². The van der Waals surface area contributed by atoms with Crippen LogP contribution in [0.3, 0.4) is 0 Å². The summed E-state index contributed by atoms with van der Waals surface area (Å²) in [6.45, 7) is 4.66. The summed E-state index contributed by atoms with van der Waals surface area (Å²) >= 11 is 0. The highest BCUT2D eigenvalue weighted by Gasteiger charge is 2.48. The number of hydrogen-bond donors (Lipinski definition) is 2. The Bertz CT molecular complexity index is 450. The molecule has 0 aliphatic heterocycles. The molecule has 0 atom stereocenters. The minimum absolute atomic E-state index is 0. The van der Waals surface area contributed by atoms with Crippen LogP contribution in [0.4, 0.5) is 0 Å². The first-order valence-corrected chi connectivity index (χ1v) is 7.87. The highest BCUT2D eigenvalue weighted by molar-refractivity contribution is 14.0. The Balaban J connectivity index is 0.00000161. The van der Waals surface area contributed by atoms with Crippen LogP contribution in [0, 0.1) is 11.3 Å². The van der Waals surface area contributed by atoms with Crippen LogP contribution >= 0.6 is 24.0 Å². The summed E-state index contributed by atoms with van der Waals surface area (Å²) in [6, 6.07) is 3.87. The van der Waals surface area contributed by atoms with Gasteiger partial charge in [-0.05, 0) is 56.1 Å². The number of guanidine groups is 1. The standard InChI is InChI=1S/C16H25N3O.HI/c1-2-17-15(18-11-14-5-3-10-20-14)19-12-16(8-4-9-16)13-6-7-13;/h3,5,10,13H,2,4,6-9,11-12H2,1H3,(H2,17,18,19);1H. The average Bonchev–Trinajstić information content (AvgIpc) is 3.11. The lowest BCUT2D eigenvalue weighted by molar-refractivity contribution is 0.106. The number of nitrogens with zero attached hydrogens (tertiary/aromatic N) is 1. The van der Waals surface area contributed by atoms with E-state index in [9.17, 15) is 0 Å². The molecule has 21 heavy (non-hydrogen) atoms. The first-order chi connectivity index (χ1) is 9.82. The van der Waals surface area contributed by atoms with Crippen LogP contribution in [0.1, 0.15) is 44.8 Å². The molecule has 0 spiro atoms. The maximum atomic E-state index is 5.33. The fourth-order valence-corrected chi connectivity index (χ4v) is 3.22. The van der Waals surface area contributed by atoms with E-state index < -0.39 is 0 Å². The van der Waals surface area contributed by atoms with Crippen LogP contribution in [0.2, 0.25) is 0 Å². The summed E-state index contributed by atoms with van der Waals surface area (Å²) in [6.07, 6.45) is 8.74. The molecule has 0 aromatic carbocycles. The van der Waals surface area contributed by atoms with Crippen molar-refractivity contribution < 1.29 is 4.42 Å². The highest BCUT2D eigenvalue weighted by atomic mass is 127. The van der Waals surface area contributed by atoms with Crippen molar-refractivity contribution in [2.45, 2.75) is 45.6 Å². The van der Waals surface area contributed by atoms with E-state index in [4.69, 9.17) is 4.42 Å². The molecule has 2 N–H and O–H groups in total. The van der Waals surface area contributed by atoms with E-state index in [1.54, 1.807) is 6.26 Å². The molecule has 1 aromatic heterocycles. The maximum Gasteiger partial charge on any atom is 0.191 e. The molecule has 0 radical (unpaired) electrons. The summed E-state index contributed by atoms with van der Waals surface area (Å²) in [5, 5.41) is 6.87. The molecule has 0 amide bonds. The molecule has 2 fully saturated rings. The predicted octanol–water partition coefficient (Wildman–Crippen LogP) is 3.53. The molecule has 4 nitrogen and oxygen atoms in total. The lowest BCUT2D eigenvalue weighted by atomic mass is 9.65. The largest absolute Gasteiger partial charge is 0.467 e. The van der Waals surface area contributed by atoms with Gasteiger partial charge in [0.15, 0.2) is 5.96 Å². The SMILES string of the molecule is CCNC(=NCc1ccco1)NCC1(C2CC2)CCC1.I. The van der Waals surface area contributed by atoms with Gasteiger partial charge in [-0.1, -0.05) is 6.42 Å². The number of hydrogen-bond acceptors (Lipinski definition) is 2. The zero-order valence-corrected chi connectivity index (χ0v) is 15.1. The molecular formula is C16H26IN3O. The summed E-state index contributed by atoms with van der Waals surface area (Å²) in [5.74, 6) is 2.79.